The van der Waals surface area contributed by atoms with Crippen molar-refractivity contribution in [2.45, 2.75) is 13.0 Å². The van der Waals surface area contributed by atoms with E-state index < -0.39 is 17.6 Å². The fraction of sp³-hybridized carbons (Fsp3) is 0.111. The molecule has 1 atom stereocenters. The number of carboxylic acid groups (broad SMARTS) is 1. The maximum Gasteiger partial charge on any atom is 0.326 e. The molecule has 0 saturated heterocycles. The number of halogens is 1. The fourth-order valence-electron chi connectivity index (χ4n) is 2.89. The highest BCUT2D eigenvalue weighted by Crippen LogP contribution is 2.25. The molecule has 0 radical (unpaired) electrons. The molecule has 1 aromatic carbocycles. The summed E-state index contributed by atoms with van der Waals surface area (Å²) in [5, 5.41) is 13.7. The van der Waals surface area contributed by atoms with Gasteiger partial charge >= 0.3 is 5.97 Å². The Bertz CT molecular complexity index is 1210. The van der Waals surface area contributed by atoms with Crippen LogP contribution in [0.25, 0.3) is 27.7 Å². The van der Waals surface area contributed by atoms with Crippen LogP contribution in [0, 0.1) is 5.82 Å². The van der Waals surface area contributed by atoms with Gasteiger partial charge in [0.05, 0.1) is 17.1 Å². The number of hydrogen-bond acceptors (Lipinski definition) is 4. The summed E-state index contributed by atoms with van der Waals surface area (Å²) in [6.07, 6.45) is 4.44. The third kappa shape index (κ3) is 2.34. The number of aromatic nitrogens is 4. The number of rotatable bonds is 3. The zero-order valence-corrected chi connectivity index (χ0v) is 13.6. The maximum atomic E-state index is 13.1. The molecule has 7 nitrogen and oxygen atoms in total. The number of benzene rings is 1. The predicted molar refractivity (Wildman–Crippen MR) is 92.5 cm³/mol. The van der Waals surface area contributed by atoms with Crippen molar-refractivity contribution in [1.29, 1.82) is 0 Å². The van der Waals surface area contributed by atoms with Gasteiger partial charge in [-0.25, -0.2) is 18.7 Å². The normalized spacial score (nSPS) is 12.5. The van der Waals surface area contributed by atoms with E-state index in [9.17, 15) is 14.0 Å². The lowest BCUT2D eigenvalue weighted by atomic mass is 10.1. The Balaban J connectivity index is 1.94. The second-order valence-electron chi connectivity index (χ2n) is 5.90. The molecule has 0 amide bonds. The molecule has 3 heterocycles. The minimum Gasteiger partial charge on any atom is -0.480 e. The molecule has 3 aromatic heterocycles. The van der Waals surface area contributed by atoms with Gasteiger partial charge in [-0.15, -0.1) is 0 Å². The Morgan fingerprint density at radius 3 is 2.62 bits per heavy atom. The van der Waals surface area contributed by atoms with Crippen LogP contribution in [0.5, 0.6) is 0 Å². The number of pyridine rings is 1. The number of fused-ring (bicyclic) bond motifs is 3. The van der Waals surface area contributed by atoms with Crippen molar-refractivity contribution in [3.8, 4) is 11.1 Å². The largest absolute Gasteiger partial charge is 0.480 e. The van der Waals surface area contributed by atoms with Crippen LogP contribution < -0.4 is 5.56 Å². The lowest BCUT2D eigenvalue weighted by molar-refractivity contribution is -0.140. The number of carbonyl (C=O) groups is 1. The molecule has 4 aromatic rings. The van der Waals surface area contributed by atoms with Crippen molar-refractivity contribution >= 4 is 22.5 Å². The number of nitrogens with zero attached hydrogens (tertiary/aromatic N) is 4. The van der Waals surface area contributed by atoms with Crippen molar-refractivity contribution < 1.29 is 14.3 Å². The SMILES string of the molecule is CC(C(=O)O)n1ccc2c(cnc3c(-c4ccc(F)cc4)cnn32)c1=O. The van der Waals surface area contributed by atoms with Crippen LogP contribution in [0.2, 0.25) is 0 Å². The third-order valence-electron chi connectivity index (χ3n) is 4.35. The van der Waals surface area contributed by atoms with E-state index in [4.69, 9.17) is 5.11 Å². The first-order chi connectivity index (χ1) is 12.5. The molecule has 0 aliphatic carbocycles. The molecule has 130 valence electrons. The second-order valence-corrected chi connectivity index (χ2v) is 5.90. The van der Waals surface area contributed by atoms with E-state index in [1.807, 2.05) is 0 Å². The highest BCUT2D eigenvalue weighted by molar-refractivity contribution is 5.85. The van der Waals surface area contributed by atoms with Crippen LogP contribution in [-0.4, -0.2) is 30.2 Å². The highest BCUT2D eigenvalue weighted by atomic mass is 19.1. The zero-order valence-electron chi connectivity index (χ0n) is 13.6. The summed E-state index contributed by atoms with van der Waals surface area (Å²) >= 11 is 0. The minimum atomic E-state index is -1.10. The standard InChI is InChI=1S/C18H13FN4O3/c1-10(18(25)26)22-7-6-15-14(17(22)24)8-20-16-13(9-21-23(15)16)11-2-4-12(19)5-3-11/h2-10H,1H3,(H,25,26). The fourth-order valence-corrected chi connectivity index (χ4v) is 2.89. The molecule has 0 saturated carbocycles. The molecule has 4 rings (SSSR count). The molecule has 8 heteroatoms. The van der Waals surface area contributed by atoms with Crippen molar-refractivity contribution in [2.75, 3.05) is 0 Å². The van der Waals surface area contributed by atoms with Gasteiger partial charge in [-0.3, -0.25) is 4.79 Å². The zero-order chi connectivity index (χ0) is 18.4. The average Bonchev–Trinajstić information content (AvgIpc) is 3.06. The van der Waals surface area contributed by atoms with Crippen LogP contribution in [-0.2, 0) is 4.79 Å². The van der Waals surface area contributed by atoms with Gasteiger partial charge in [0.25, 0.3) is 5.56 Å². The topological polar surface area (TPSA) is 89.5 Å². The Morgan fingerprint density at radius 2 is 1.92 bits per heavy atom. The van der Waals surface area contributed by atoms with Crippen LogP contribution in [0.3, 0.4) is 0 Å². The van der Waals surface area contributed by atoms with Gasteiger partial charge in [0.15, 0.2) is 5.65 Å². The Hall–Kier alpha value is -3.55. The molecule has 26 heavy (non-hydrogen) atoms. The maximum absolute atomic E-state index is 13.1. The predicted octanol–water partition coefficient (Wildman–Crippen LogP) is 2.50. The van der Waals surface area contributed by atoms with E-state index in [1.54, 1.807) is 24.4 Å². The molecule has 0 bridgehead atoms. The van der Waals surface area contributed by atoms with Gasteiger partial charge < -0.3 is 9.67 Å². The van der Waals surface area contributed by atoms with E-state index in [0.717, 1.165) is 10.1 Å². The lowest BCUT2D eigenvalue weighted by Crippen LogP contribution is -2.27. The van der Waals surface area contributed by atoms with Crippen molar-refractivity contribution in [3.63, 3.8) is 0 Å². The van der Waals surface area contributed by atoms with E-state index in [2.05, 4.69) is 10.1 Å². The first-order valence-corrected chi connectivity index (χ1v) is 7.83. The van der Waals surface area contributed by atoms with Crippen molar-refractivity contribution in [2.24, 2.45) is 0 Å². The quantitative estimate of drug-likeness (QED) is 0.612. The van der Waals surface area contributed by atoms with Crippen LogP contribution in [0.4, 0.5) is 4.39 Å². The van der Waals surface area contributed by atoms with Crippen LogP contribution in [0.1, 0.15) is 13.0 Å². The number of hydrogen-bond donors (Lipinski definition) is 1. The summed E-state index contributed by atoms with van der Waals surface area (Å²) in [5.41, 5.74) is 2.04. The third-order valence-corrected chi connectivity index (χ3v) is 4.35. The molecular weight excluding hydrogens is 339 g/mol. The highest BCUT2D eigenvalue weighted by Gasteiger charge is 2.18. The molecule has 0 spiro atoms. The average molecular weight is 352 g/mol. The molecule has 0 aliphatic heterocycles. The molecular formula is C18H13FN4O3. The minimum absolute atomic E-state index is 0.266. The Morgan fingerprint density at radius 1 is 1.19 bits per heavy atom. The first-order valence-electron chi connectivity index (χ1n) is 7.83. The molecule has 1 N–H and O–H groups in total. The summed E-state index contributed by atoms with van der Waals surface area (Å²) in [5.74, 6) is -1.44. The second kappa shape index (κ2) is 5.76. The monoisotopic (exact) mass is 352 g/mol. The number of aliphatic carboxylic acids is 1. The van der Waals surface area contributed by atoms with Crippen LogP contribution in [0.15, 0.2) is 53.7 Å². The lowest BCUT2D eigenvalue weighted by Gasteiger charge is -2.11. The Kier molecular flexibility index (Phi) is 3.54. The summed E-state index contributed by atoms with van der Waals surface area (Å²) in [6.45, 7) is 1.43. The van der Waals surface area contributed by atoms with Crippen LogP contribution >= 0.6 is 0 Å². The summed E-state index contributed by atoms with van der Waals surface area (Å²) in [6, 6.07) is 6.61. The van der Waals surface area contributed by atoms with Gasteiger partial charge in [-0.1, -0.05) is 12.1 Å². The molecule has 0 fully saturated rings. The van der Waals surface area contributed by atoms with Gasteiger partial charge in [-0.05, 0) is 30.7 Å². The van der Waals surface area contributed by atoms with Crippen molar-refractivity contribution in [3.05, 3.63) is 65.1 Å². The summed E-state index contributed by atoms with van der Waals surface area (Å²) in [7, 11) is 0. The molecule has 0 aliphatic rings. The summed E-state index contributed by atoms with van der Waals surface area (Å²) < 4.78 is 15.8. The Labute approximate surface area is 146 Å². The van der Waals surface area contributed by atoms with Crippen molar-refractivity contribution in [1.82, 2.24) is 19.2 Å². The van der Waals surface area contributed by atoms with Gasteiger partial charge in [0.2, 0.25) is 0 Å². The van der Waals surface area contributed by atoms with Gasteiger partial charge in [-0.2, -0.15) is 5.10 Å². The van der Waals surface area contributed by atoms with E-state index in [-0.39, 0.29) is 11.2 Å². The number of carboxylic acids is 1. The van der Waals surface area contributed by atoms with Gasteiger partial charge in [0, 0.05) is 18.0 Å². The summed E-state index contributed by atoms with van der Waals surface area (Å²) in [4.78, 5) is 28.1. The first kappa shape index (κ1) is 15.9. The van der Waals surface area contributed by atoms with Gasteiger partial charge in [0.1, 0.15) is 11.9 Å². The van der Waals surface area contributed by atoms with E-state index in [1.165, 1.54) is 36.0 Å². The smallest absolute Gasteiger partial charge is 0.326 e. The van der Waals surface area contributed by atoms with E-state index in [0.29, 0.717) is 16.7 Å². The van der Waals surface area contributed by atoms with E-state index >= 15 is 0 Å². The molecule has 1 unspecified atom stereocenters.